The number of benzene rings is 1. The molecule has 3 nitrogen and oxygen atoms in total. The van der Waals surface area contributed by atoms with Crippen LogP contribution in [0.5, 0.6) is 11.5 Å². The van der Waals surface area contributed by atoms with E-state index in [4.69, 9.17) is 4.74 Å². The van der Waals surface area contributed by atoms with Crippen LogP contribution in [0, 0.1) is 0 Å². The number of unbranched alkanes of at least 4 members (excludes halogenated alkanes) is 1. The van der Waals surface area contributed by atoms with E-state index >= 15 is 0 Å². The first-order valence-corrected chi connectivity index (χ1v) is 6.26. The molecule has 96 valence electrons. The molecule has 0 saturated heterocycles. The second-order valence-electron chi connectivity index (χ2n) is 4.42. The van der Waals surface area contributed by atoms with Crippen molar-refractivity contribution >= 4 is 0 Å². The zero-order chi connectivity index (χ0) is 12.7. The molecule has 1 unspecified atom stereocenters. The first-order chi connectivity index (χ1) is 8.17. The maximum absolute atomic E-state index is 9.72. The SMILES string of the molecule is CCCCC(C)NCc1cc(OC)ccc1O. The molecule has 0 aromatic heterocycles. The Balaban J connectivity index is 2.50. The largest absolute Gasteiger partial charge is 0.508 e. The molecule has 0 radical (unpaired) electrons. The lowest BCUT2D eigenvalue weighted by atomic mass is 10.1. The standard InChI is InChI=1S/C14H23NO2/c1-4-5-6-11(2)15-10-12-9-13(17-3)7-8-14(12)16/h7-9,11,15-16H,4-6,10H2,1-3H3. The number of phenolic OH excluding ortho intramolecular Hbond substituents is 1. The summed E-state index contributed by atoms with van der Waals surface area (Å²) in [6.45, 7) is 5.04. The third-order valence-corrected chi connectivity index (χ3v) is 2.92. The van der Waals surface area contributed by atoms with Crippen molar-refractivity contribution in [1.82, 2.24) is 5.32 Å². The van der Waals surface area contributed by atoms with Crippen molar-refractivity contribution in [2.75, 3.05) is 7.11 Å². The highest BCUT2D eigenvalue weighted by Gasteiger charge is 2.05. The molecule has 0 heterocycles. The third-order valence-electron chi connectivity index (χ3n) is 2.92. The third kappa shape index (κ3) is 4.65. The van der Waals surface area contributed by atoms with Crippen LogP contribution in [0.2, 0.25) is 0 Å². The fraction of sp³-hybridized carbons (Fsp3) is 0.571. The van der Waals surface area contributed by atoms with E-state index in [1.165, 1.54) is 19.3 Å². The minimum Gasteiger partial charge on any atom is -0.508 e. The molecule has 0 aliphatic carbocycles. The lowest BCUT2D eigenvalue weighted by molar-refractivity contribution is 0.408. The Hall–Kier alpha value is -1.22. The van der Waals surface area contributed by atoms with Crippen LogP contribution >= 0.6 is 0 Å². The number of phenols is 1. The van der Waals surface area contributed by atoms with Crippen molar-refractivity contribution in [1.29, 1.82) is 0 Å². The number of ether oxygens (including phenoxy) is 1. The monoisotopic (exact) mass is 237 g/mol. The zero-order valence-corrected chi connectivity index (χ0v) is 11.0. The van der Waals surface area contributed by atoms with Gasteiger partial charge in [-0.2, -0.15) is 0 Å². The molecule has 1 aromatic carbocycles. The molecule has 0 bridgehead atoms. The molecule has 2 N–H and O–H groups in total. The molecular weight excluding hydrogens is 214 g/mol. The maximum atomic E-state index is 9.72. The van der Waals surface area contributed by atoms with Crippen molar-refractivity contribution < 1.29 is 9.84 Å². The molecule has 3 heteroatoms. The molecular formula is C14H23NO2. The average molecular weight is 237 g/mol. The van der Waals surface area contributed by atoms with Gasteiger partial charge in [-0.1, -0.05) is 19.8 Å². The zero-order valence-electron chi connectivity index (χ0n) is 11.0. The van der Waals surface area contributed by atoms with Crippen LogP contribution in [-0.4, -0.2) is 18.3 Å². The van der Waals surface area contributed by atoms with Crippen LogP contribution < -0.4 is 10.1 Å². The van der Waals surface area contributed by atoms with Gasteiger partial charge in [0.25, 0.3) is 0 Å². The Labute approximate surface area is 104 Å². The van der Waals surface area contributed by atoms with Gasteiger partial charge in [0.1, 0.15) is 11.5 Å². The summed E-state index contributed by atoms with van der Waals surface area (Å²) in [5.41, 5.74) is 0.882. The number of methoxy groups -OCH3 is 1. The minimum absolute atomic E-state index is 0.320. The lowest BCUT2D eigenvalue weighted by Crippen LogP contribution is -2.25. The van der Waals surface area contributed by atoms with Gasteiger partial charge in [-0.05, 0) is 31.5 Å². The number of rotatable bonds is 7. The van der Waals surface area contributed by atoms with E-state index in [0.717, 1.165) is 11.3 Å². The molecule has 0 fully saturated rings. The number of hydrogen-bond donors (Lipinski definition) is 2. The fourth-order valence-electron chi connectivity index (χ4n) is 1.73. The molecule has 0 spiro atoms. The van der Waals surface area contributed by atoms with Crippen LogP contribution in [0.4, 0.5) is 0 Å². The van der Waals surface area contributed by atoms with Gasteiger partial charge in [0.2, 0.25) is 0 Å². The van der Waals surface area contributed by atoms with E-state index in [-0.39, 0.29) is 0 Å². The summed E-state index contributed by atoms with van der Waals surface area (Å²) in [4.78, 5) is 0. The maximum Gasteiger partial charge on any atom is 0.120 e. The van der Waals surface area contributed by atoms with Gasteiger partial charge in [-0.3, -0.25) is 0 Å². The smallest absolute Gasteiger partial charge is 0.120 e. The van der Waals surface area contributed by atoms with Crippen LogP contribution in [0.25, 0.3) is 0 Å². The van der Waals surface area contributed by atoms with Crippen molar-refractivity contribution in [2.24, 2.45) is 0 Å². The molecule has 1 aromatic rings. The Bertz CT molecular complexity index is 339. The summed E-state index contributed by atoms with van der Waals surface area (Å²) in [6, 6.07) is 5.78. The topological polar surface area (TPSA) is 41.5 Å². The minimum atomic E-state index is 0.320. The summed E-state index contributed by atoms with van der Waals surface area (Å²) >= 11 is 0. The van der Waals surface area contributed by atoms with Gasteiger partial charge < -0.3 is 15.2 Å². The van der Waals surface area contributed by atoms with Gasteiger partial charge in [-0.15, -0.1) is 0 Å². The fourth-order valence-corrected chi connectivity index (χ4v) is 1.73. The van der Waals surface area contributed by atoms with E-state index in [2.05, 4.69) is 19.2 Å². The first-order valence-electron chi connectivity index (χ1n) is 6.26. The molecule has 1 rings (SSSR count). The number of hydrogen-bond acceptors (Lipinski definition) is 3. The van der Waals surface area contributed by atoms with Crippen LogP contribution in [-0.2, 0) is 6.54 Å². The summed E-state index contributed by atoms with van der Waals surface area (Å²) in [7, 11) is 1.63. The predicted octanol–water partition coefficient (Wildman–Crippen LogP) is 3.07. The average Bonchev–Trinajstić information content (AvgIpc) is 2.35. The van der Waals surface area contributed by atoms with E-state index in [0.29, 0.717) is 18.3 Å². The van der Waals surface area contributed by atoms with Crippen molar-refractivity contribution in [3.63, 3.8) is 0 Å². The summed E-state index contributed by atoms with van der Waals surface area (Å²) < 4.78 is 5.14. The number of nitrogens with one attached hydrogen (secondary N) is 1. The van der Waals surface area contributed by atoms with E-state index < -0.39 is 0 Å². The number of aromatic hydroxyl groups is 1. The van der Waals surface area contributed by atoms with Crippen LogP contribution in [0.15, 0.2) is 18.2 Å². The quantitative estimate of drug-likeness (QED) is 0.765. The van der Waals surface area contributed by atoms with Gasteiger partial charge in [-0.25, -0.2) is 0 Å². The molecule has 17 heavy (non-hydrogen) atoms. The highest BCUT2D eigenvalue weighted by molar-refractivity contribution is 5.39. The van der Waals surface area contributed by atoms with E-state index in [1.807, 2.05) is 6.07 Å². The molecule has 0 aliphatic rings. The first kappa shape index (κ1) is 13.8. The highest BCUT2D eigenvalue weighted by atomic mass is 16.5. The summed E-state index contributed by atoms with van der Waals surface area (Å²) in [5.74, 6) is 1.10. The summed E-state index contributed by atoms with van der Waals surface area (Å²) in [6.07, 6.45) is 3.62. The van der Waals surface area contributed by atoms with Crippen molar-refractivity contribution in [3.8, 4) is 11.5 Å². The van der Waals surface area contributed by atoms with Crippen molar-refractivity contribution in [3.05, 3.63) is 23.8 Å². The molecule has 1 atom stereocenters. The summed E-state index contributed by atoms with van der Waals surface area (Å²) in [5, 5.41) is 13.1. The predicted molar refractivity (Wildman–Crippen MR) is 70.5 cm³/mol. The van der Waals surface area contributed by atoms with Crippen LogP contribution in [0.1, 0.15) is 38.7 Å². The van der Waals surface area contributed by atoms with Gasteiger partial charge in [0, 0.05) is 18.2 Å². The molecule has 0 amide bonds. The Morgan fingerprint density at radius 1 is 1.41 bits per heavy atom. The van der Waals surface area contributed by atoms with Crippen molar-refractivity contribution in [2.45, 2.75) is 45.7 Å². The Morgan fingerprint density at radius 3 is 2.82 bits per heavy atom. The second-order valence-corrected chi connectivity index (χ2v) is 4.42. The van der Waals surface area contributed by atoms with E-state index in [9.17, 15) is 5.11 Å². The lowest BCUT2D eigenvalue weighted by Gasteiger charge is -2.14. The van der Waals surface area contributed by atoms with E-state index in [1.54, 1.807) is 19.2 Å². The normalized spacial score (nSPS) is 12.4. The van der Waals surface area contributed by atoms with Gasteiger partial charge in [0.15, 0.2) is 0 Å². The highest BCUT2D eigenvalue weighted by Crippen LogP contribution is 2.22. The Morgan fingerprint density at radius 2 is 2.18 bits per heavy atom. The van der Waals surface area contributed by atoms with Gasteiger partial charge in [0.05, 0.1) is 7.11 Å². The molecule has 0 saturated carbocycles. The second kappa shape index (κ2) is 7.17. The Kier molecular flexibility index (Phi) is 5.84. The van der Waals surface area contributed by atoms with Gasteiger partial charge >= 0.3 is 0 Å². The van der Waals surface area contributed by atoms with Crippen LogP contribution in [0.3, 0.4) is 0 Å². The molecule has 0 aliphatic heterocycles.